The highest BCUT2D eigenvalue weighted by molar-refractivity contribution is 8.00. The molecule has 0 aliphatic heterocycles. The molecular weight excluding hydrogens is 396 g/mol. The van der Waals surface area contributed by atoms with Crippen LogP contribution >= 0.6 is 23.1 Å². The monoisotopic (exact) mass is 422 g/mol. The van der Waals surface area contributed by atoms with Gasteiger partial charge in [-0.05, 0) is 46.1 Å². The maximum Gasteiger partial charge on any atom is 0.321 e. The first-order valence-corrected chi connectivity index (χ1v) is 11.3. The summed E-state index contributed by atoms with van der Waals surface area (Å²) in [4.78, 5) is 43.8. The Morgan fingerprint density at radius 1 is 1.32 bits per heavy atom. The number of hydrogen-bond donors (Lipinski definition) is 2. The van der Waals surface area contributed by atoms with Gasteiger partial charge in [-0.3, -0.25) is 19.5 Å². The zero-order valence-electron chi connectivity index (χ0n) is 16.6. The van der Waals surface area contributed by atoms with E-state index in [9.17, 15) is 14.4 Å². The number of aryl methyl sites for hydroxylation is 2. The largest absolute Gasteiger partial charge is 0.335 e. The van der Waals surface area contributed by atoms with Gasteiger partial charge in [0.1, 0.15) is 4.83 Å². The molecule has 7 nitrogen and oxygen atoms in total. The van der Waals surface area contributed by atoms with Crippen molar-refractivity contribution in [3.8, 4) is 0 Å². The van der Waals surface area contributed by atoms with Crippen molar-refractivity contribution in [3.63, 3.8) is 0 Å². The fourth-order valence-electron chi connectivity index (χ4n) is 3.39. The summed E-state index contributed by atoms with van der Waals surface area (Å²) in [5, 5.41) is 5.85. The van der Waals surface area contributed by atoms with Crippen LogP contribution in [0.25, 0.3) is 10.2 Å². The molecule has 0 unspecified atom stereocenters. The number of imide groups is 1. The zero-order valence-corrected chi connectivity index (χ0v) is 18.3. The number of thiophene rings is 1. The zero-order chi connectivity index (χ0) is 20.4. The minimum absolute atomic E-state index is 0.0802. The van der Waals surface area contributed by atoms with E-state index in [2.05, 4.69) is 15.6 Å². The minimum atomic E-state index is -0.557. The number of urea groups is 1. The quantitative estimate of drug-likeness (QED) is 0.569. The number of nitrogens with one attached hydrogen (secondary N) is 2. The predicted molar refractivity (Wildman–Crippen MR) is 113 cm³/mol. The Bertz CT molecular complexity index is 960. The summed E-state index contributed by atoms with van der Waals surface area (Å²) in [6.45, 7) is 7.97. The van der Waals surface area contributed by atoms with Crippen molar-refractivity contribution in [2.75, 3.05) is 0 Å². The standard InChI is InChI=1S/C19H26N4O3S2/c1-5-23-17(25)14-10(2)11(3)27-16(14)22-19(23)28-12(4)15(24)21-18(26)20-13-8-6-7-9-13/h12-13H,5-9H2,1-4H3,(H2,20,21,24,26)/t12-/m1/s1. The molecule has 0 spiro atoms. The van der Waals surface area contributed by atoms with Gasteiger partial charge in [0.2, 0.25) is 5.91 Å². The first-order valence-electron chi connectivity index (χ1n) is 9.60. The van der Waals surface area contributed by atoms with Crippen molar-refractivity contribution >= 4 is 45.3 Å². The normalized spacial score (nSPS) is 15.7. The molecule has 3 rings (SSSR count). The third-order valence-corrected chi connectivity index (χ3v) is 7.34. The van der Waals surface area contributed by atoms with E-state index >= 15 is 0 Å². The van der Waals surface area contributed by atoms with E-state index in [-0.39, 0.29) is 11.6 Å². The van der Waals surface area contributed by atoms with E-state index in [0.29, 0.717) is 21.9 Å². The molecule has 2 aromatic rings. The number of carbonyl (C=O) groups is 2. The Hall–Kier alpha value is -1.87. The van der Waals surface area contributed by atoms with Gasteiger partial charge in [0.15, 0.2) is 5.16 Å². The first kappa shape index (κ1) is 20.9. The van der Waals surface area contributed by atoms with E-state index in [0.717, 1.165) is 36.1 Å². The average molecular weight is 423 g/mol. The first-order chi connectivity index (χ1) is 13.3. The molecule has 152 valence electrons. The van der Waals surface area contributed by atoms with Gasteiger partial charge in [-0.15, -0.1) is 11.3 Å². The molecule has 1 fully saturated rings. The van der Waals surface area contributed by atoms with E-state index in [1.165, 1.54) is 23.1 Å². The Balaban J connectivity index is 1.74. The van der Waals surface area contributed by atoms with Crippen LogP contribution in [0.15, 0.2) is 9.95 Å². The molecule has 1 atom stereocenters. The van der Waals surface area contributed by atoms with Crippen LogP contribution in [-0.4, -0.2) is 32.8 Å². The fraction of sp³-hybridized carbons (Fsp3) is 0.579. The average Bonchev–Trinajstić information content (AvgIpc) is 3.23. The summed E-state index contributed by atoms with van der Waals surface area (Å²) in [5.74, 6) is -0.393. The number of rotatable bonds is 5. The molecule has 28 heavy (non-hydrogen) atoms. The van der Waals surface area contributed by atoms with Gasteiger partial charge in [-0.1, -0.05) is 24.6 Å². The van der Waals surface area contributed by atoms with Gasteiger partial charge in [0, 0.05) is 17.5 Å². The van der Waals surface area contributed by atoms with Crippen LogP contribution in [0.3, 0.4) is 0 Å². The highest BCUT2D eigenvalue weighted by Gasteiger charge is 2.23. The summed E-state index contributed by atoms with van der Waals surface area (Å²) in [6.07, 6.45) is 4.13. The molecule has 0 bridgehead atoms. The number of carbonyl (C=O) groups excluding carboxylic acids is 2. The van der Waals surface area contributed by atoms with Gasteiger partial charge in [-0.2, -0.15) is 0 Å². The lowest BCUT2D eigenvalue weighted by molar-refractivity contribution is -0.119. The van der Waals surface area contributed by atoms with Gasteiger partial charge in [0.05, 0.1) is 10.6 Å². The fourth-order valence-corrected chi connectivity index (χ4v) is 5.44. The molecular formula is C19H26N4O3S2. The lowest BCUT2D eigenvalue weighted by atomic mass is 10.2. The topological polar surface area (TPSA) is 93.1 Å². The molecule has 2 N–H and O–H groups in total. The Morgan fingerprint density at radius 3 is 2.64 bits per heavy atom. The maximum atomic E-state index is 12.9. The van der Waals surface area contributed by atoms with E-state index in [1.54, 1.807) is 11.5 Å². The van der Waals surface area contributed by atoms with Crippen LogP contribution < -0.4 is 16.2 Å². The van der Waals surface area contributed by atoms with Crippen LogP contribution in [0, 0.1) is 13.8 Å². The van der Waals surface area contributed by atoms with Gasteiger partial charge >= 0.3 is 6.03 Å². The second-order valence-electron chi connectivity index (χ2n) is 7.11. The SMILES string of the molecule is CCn1c(S[C@H](C)C(=O)NC(=O)NC2CCCC2)nc2sc(C)c(C)c2c1=O. The summed E-state index contributed by atoms with van der Waals surface area (Å²) < 4.78 is 1.59. The highest BCUT2D eigenvalue weighted by Crippen LogP contribution is 2.29. The number of amides is 3. The van der Waals surface area contributed by atoms with Crippen LogP contribution in [0.4, 0.5) is 4.79 Å². The van der Waals surface area contributed by atoms with E-state index in [1.807, 2.05) is 20.8 Å². The number of thioether (sulfide) groups is 1. The number of fused-ring (bicyclic) bond motifs is 1. The van der Waals surface area contributed by atoms with Crippen molar-refractivity contribution in [2.24, 2.45) is 0 Å². The second kappa shape index (κ2) is 8.65. The Kier molecular flexibility index (Phi) is 6.44. The summed E-state index contributed by atoms with van der Waals surface area (Å²) in [7, 11) is 0. The van der Waals surface area contributed by atoms with Crippen LogP contribution in [0.5, 0.6) is 0 Å². The number of hydrogen-bond acceptors (Lipinski definition) is 6. The number of aromatic nitrogens is 2. The number of nitrogens with zero attached hydrogens (tertiary/aromatic N) is 2. The van der Waals surface area contributed by atoms with Crippen molar-refractivity contribution in [2.45, 2.75) is 76.4 Å². The molecule has 1 saturated carbocycles. The van der Waals surface area contributed by atoms with Crippen molar-refractivity contribution in [3.05, 3.63) is 20.8 Å². The summed E-state index contributed by atoms with van der Waals surface area (Å²) in [5.41, 5.74) is 0.883. The molecule has 3 amide bonds. The molecule has 0 radical (unpaired) electrons. The van der Waals surface area contributed by atoms with Gasteiger partial charge in [-0.25, -0.2) is 9.78 Å². The lowest BCUT2D eigenvalue weighted by Crippen LogP contribution is -2.46. The van der Waals surface area contributed by atoms with E-state index < -0.39 is 17.2 Å². The Morgan fingerprint density at radius 2 is 2.00 bits per heavy atom. The third kappa shape index (κ3) is 4.25. The summed E-state index contributed by atoms with van der Waals surface area (Å²) in [6, 6.07) is -0.305. The molecule has 2 heterocycles. The minimum Gasteiger partial charge on any atom is -0.335 e. The van der Waals surface area contributed by atoms with E-state index in [4.69, 9.17) is 0 Å². The van der Waals surface area contributed by atoms with Crippen LogP contribution in [0.2, 0.25) is 0 Å². The maximum absolute atomic E-state index is 12.9. The van der Waals surface area contributed by atoms with Gasteiger partial charge in [0.25, 0.3) is 5.56 Å². The summed E-state index contributed by atoms with van der Waals surface area (Å²) >= 11 is 2.69. The third-order valence-electron chi connectivity index (χ3n) is 5.15. The van der Waals surface area contributed by atoms with Gasteiger partial charge < -0.3 is 5.32 Å². The molecule has 9 heteroatoms. The Labute approximate surface area is 172 Å². The lowest BCUT2D eigenvalue weighted by Gasteiger charge is -2.16. The van der Waals surface area contributed by atoms with Crippen molar-refractivity contribution in [1.29, 1.82) is 0 Å². The van der Waals surface area contributed by atoms with Crippen LogP contribution in [0.1, 0.15) is 50.0 Å². The van der Waals surface area contributed by atoms with Crippen molar-refractivity contribution < 1.29 is 9.59 Å². The van der Waals surface area contributed by atoms with Crippen LogP contribution in [-0.2, 0) is 11.3 Å². The molecule has 0 saturated heterocycles. The second-order valence-corrected chi connectivity index (χ2v) is 9.62. The smallest absolute Gasteiger partial charge is 0.321 e. The highest BCUT2D eigenvalue weighted by atomic mass is 32.2. The molecule has 1 aliphatic rings. The molecule has 2 aromatic heterocycles. The molecule has 0 aromatic carbocycles. The molecule has 1 aliphatic carbocycles. The van der Waals surface area contributed by atoms with Crippen molar-refractivity contribution in [1.82, 2.24) is 20.2 Å². The predicted octanol–water partition coefficient (Wildman–Crippen LogP) is 3.34.